The second-order valence-electron chi connectivity index (χ2n) is 5.79. The van der Waals surface area contributed by atoms with E-state index in [4.69, 9.17) is 0 Å². The SMILES string of the molecule is CCCC(C)(CC)C[CH]C(C)C(CC)CC. The molecule has 0 amide bonds. The maximum atomic E-state index is 2.59. The summed E-state index contributed by atoms with van der Waals surface area (Å²) in [6.07, 6.45) is 10.5. The van der Waals surface area contributed by atoms with Crippen LogP contribution in [0.5, 0.6) is 0 Å². The van der Waals surface area contributed by atoms with Gasteiger partial charge in [0.1, 0.15) is 0 Å². The summed E-state index contributed by atoms with van der Waals surface area (Å²) in [5.41, 5.74) is 0.551. The molecule has 0 heterocycles. The van der Waals surface area contributed by atoms with Crippen LogP contribution in [0.4, 0.5) is 0 Å². The molecule has 2 atom stereocenters. The molecule has 0 aliphatic rings. The number of hydrogen-bond donors (Lipinski definition) is 0. The van der Waals surface area contributed by atoms with Gasteiger partial charge < -0.3 is 0 Å². The van der Waals surface area contributed by atoms with E-state index >= 15 is 0 Å². The van der Waals surface area contributed by atoms with Crippen molar-refractivity contribution in [2.45, 2.75) is 80.1 Å². The minimum absolute atomic E-state index is 0.551. The van der Waals surface area contributed by atoms with Crippen molar-refractivity contribution in [3.8, 4) is 0 Å². The van der Waals surface area contributed by atoms with Gasteiger partial charge in [0, 0.05) is 0 Å². The van der Waals surface area contributed by atoms with Crippen molar-refractivity contribution in [1.82, 2.24) is 0 Å². The maximum Gasteiger partial charge on any atom is -0.0326 e. The normalized spacial score (nSPS) is 17.4. The molecule has 16 heavy (non-hydrogen) atoms. The van der Waals surface area contributed by atoms with Crippen molar-refractivity contribution in [3.63, 3.8) is 0 Å². The first kappa shape index (κ1) is 16.0. The van der Waals surface area contributed by atoms with Crippen LogP contribution in [0.3, 0.4) is 0 Å². The fourth-order valence-electron chi connectivity index (χ4n) is 2.72. The van der Waals surface area contributed by atoms with Crippen LogP contribution in [0.2, 0.25) is 0 Å². The summed E-state index contributed by atoms with van der Waals surface area (Å²) in [6.45, 7) is 14.1. The van der Waals surface area contributed by atoms with Crippen molar-refractivity contribution in [1.29, 1.82) is 0 Å². The molecular weight excluding hydrogens is 192 g/mol. The molecule has 2 unspecified atom stereocenters. The molecular formula is C16H33. The zero-order valence-corrected chi connectivity index (χ0v) is 12.5. The van der Waals surface area contributed by atoms with Crippen LogP contribution in [-0.2, 0) is 0 Å². The summed E-state index contributed by atoms with van der Waals surface area (Å²) in [5, 5.41) is 0. The molecule has 0 aromatic carbocycles. The predicted octanol–water partition coefficient (Wildman–Crippen LogP) is 5.87. The third-order valence-corrected chi connectivity index (χ3v) is 4.48. The van der Waals surface area contributed by atoms with Gasteiger partial charge in [0.25, 0.3) is 0 Å². The molecule has 0 bridgehead atoms. The number of hydrogen-bond acceptors (Lipinski definition) is 0. The Bertz CT molecular complexity index is 157. The molecule has 0 aliphatic carbocycles. The lowest BCUT2D eigenvalue weighted by Crippen LogP contribution is -2.19. The van der Waals surface area contributed by atoms with Crippen molar-refractivity contribution in [2.24, 2.45) is 17.3 Å². The van der Waals surface area contributed by atoms with E-state index in [2.05, 4.69) is 48.0 Å². The van der Waals surface area contributed by atoms with Crippen LogP contribution < -0.4 is 0 Å². The zero-order chi connectivity index (χ0) is 12.6. The van der Waals surface area contributed by atoms with E-state index < -0.39 is 0 Å². The second-order valence-corrected chi connectivity index (χ2v) is 5.79. The van der Waals surface area contributed by atoms with Crippen LogP contribution >= 0.6 is 0 Å². The lowest BCUT2D eigenvalue weighted by atomic mass is 9.75. The third-order valence-electron chi connectivity index (χ3n) is 4.48. The van der Waals surface area contributed by atoms with Gasteiger partial charge in [0.15, 0.2) is 0 Å². The summed E-state index contributed by atoms with van der Waals surface area (Å²) >= 11 is 0. The summed E-state index contributed by atoms with van der Waals surface area (Å²) in [4.78, 5) is 0. The van der Waals surface area contributed by atoms with E-state index in [9.17, 15) is 0 Å². The van der Waals surface area contributed by atoms with Crippen molar-refractivity contribution < 1.29 is 0 Å². The van der Waals surface area contributed by atoms with Gasteiger partial charge in [-0.15, -0.1) is 0 Å². The zero-order valence-electron chi connectivity index (χ0n) is 12.5. The molecule has 0 aliphatic heterocycles. The summed E-state index contributed by atoms with van der Waals surface area (Å²) < 4.78 is 0. The van der Waals surface area contributed by atoms with Crippen LogP contribution in [0.25, 0.3) is 0 Å². The van der Waals surface area contributed by atoms with Crippen molar-refractivity contribution in [3.05, 3.63) is 6.42 Å². The fourth-order valence-corrected chi connectivity index (χ4v) is 2.72. The Morgan fingerprint density at radius 2 is 1.62 bits per heavy atom. The molecule has 0 N–H and O–H groups in total. The lowest BCUT2D eigenvalue weighted by molar-refractivity contribution is 0.253. The quantitative estimate of drug-likeness (QED) is 0.460. The third kappa shape index (κ3) is 5.37. The van der Waals surface area contributed by atoms with Crippen LogP contribution in [0.1, 0.15) is 80.1 Å². The van der Waals surface area contributed by atoms with Crippen molar-refractivity contribution in [2.75, 3.05) is 0 Å². The molecule has 1 radical (unpaired) electrons. The van der Waals surface area contributed by atoms with Gasteiger partial charge in [0.05, 0.1) is 0 Å². The topological polar surface area (TPSA) is 0 Å². The first-order chi connectivity index (χ1) is 7.52. The minimum atomic E-state index is 0.551. The Morgan fingerprint density at radius 3 is 2.00 bits per heavy atom. The molecule has 0 heteroatoms. The lowest BCUT2D eigenvalue weighted by Gasteiger charge is -2.31. The standard InChI is InChI=1S/C16H33/c1-7-12-16(6,10-4)13-11-14(5)15(8-2)9-3/h11,14-15H,7-10,12-13H2,1-6H3. The Morgan fingerprint density at radius 1 is 1.06 bits per heavy atom. The largest absolute Gasteiger partial charge is 0.0654 e. The average Bonchev–Trinajstić information content (AvgIpc) is 2.28. The van der Waals surface area contributed by atoms with Crippen LogP contribution in [-0.4, -0.2) is 0 Å². The Balaban J connectivity index is 4.09. The molecule has 0 saturated heterocycles. The van der Waals surface area contributed by atoms with Crippen LogP contribution in [0.15, 0.2) is 0 Å². The fraction of sp³-hybridized carbons (Fsp3) is 0.938. The van der Waals surface area contributed by atoms with E-state index in [1.54, 1.807) is 0 Å². The Kier molecular flexibility index (Phi) is 8.14. The highest BCUT2D eigenvalue weighted by Crippen LogP contribution is 2.35. The van der Waals surface area contributed by atoms with Gasteiger partial charge in [-0.2, -0.15) is 0 Å². The molecule has 0 rings (SSSR count). The van der Waals surface area contributed by atoms with Gasteiger partial charge in [-0.1, -0.05) is 67.2 Å². The van der Waals surface area contributed by atoms with Gasteiger partial charge in [-0.3, -0.25) is 0 Å². The average molecular weight is 225 g/mol. The molecule has 0 nitrogen and oxygen atoms in total. The van der Waals surface area contributed by atoms with Gasteiger partial charge in [0.2, 0.25) is 0 Å². The van der Waals surface area contributed by atoms with E-state index in [0.29, 0.717) is 5.41 Å². The Hall–Kier alpha value is 0. The first-order valence-electron chi connectivity index (χ1n) is 7.36. The van der Waals surface area contributed by atoms with Gasteiger partial charge in [-0.25, -0.2) is 0 Å². The van der Waals surface area contributed by atoms with E-state index in [-0.39, 0.29) is 0 Å². The van der Waals surface area contributed by atoms with Gasteiger partial charge >= 0.3 is 0 Å². The minimum Gasteiger partial charge on any atom is -0.0654 e. The molecule has 0 fully saturated rings. The highest BCUT2D eigenvalue weighted by molar-refractivity contribution is 4.85. The smallest absolute Gasteiger partial charge is 0.0326 e. The molecule has 0 aromatic heterocycles. The Labute approximate surface area is 104 Å². The summed E-state index contributed by atoms with van der Waals surface area (Å²) in [7, 11) is 0. The highest BCUT2D eigenvalue weighted by Gasteiger charge is 2.23. The molecule has 97 valence electrons. The highest BCUT2D eigenvalue weighted by atomic mass is 14.3. The van der Waals surface area contributed by atoms with Crippen molar-refractivity contribution >= 4 is 0 Å². The molecule has 0 saturated carbocycles. The van der Waals surface area contributed by atoms with E-state index in [1.165, 1.54) is 38.5 Å². The monoisotopic (exact) mass is 225 g/mol. The summed E-state index contributed by atoms with van der Waals surface area (Å²) in [6, 6.07) is 0. The van der Waals surface area contributed by atoms with Gasteiger partial charge in [-0.05, 0) is 36.5 Å². The number of rotatable bonds is 9. The predicted molar refractivity (Wildman–Crippen MR) is 75.5 cm³/mol. The first-order valence-corrected chi connectivity index (χ1v) is 7.36. The molecule has 0 spiro atoms. The van der Waals surface area contributed by atoms with E-state index in [0.717, 1.165) is 11.8 Å². The maximum absolute atomic E-state index is 2.59. The van der Waals surface area contributed by atoms with E-state index in [1.807, 2.05) is 0 Å². The van der Waals surface area contributed by atoms with Crippen LogP contribution in [0, 0.1) is 23.7 Å². The molecule has 0 aromatic rings. The second kappa shape index (κ2) is 8.14. The summed E-state index contributed by atoms with van der Waals surface area (Å²) in [5.74, 6) is 1.68.